The number of alkyl carbamates (subject to hydrolysis) is 1. The fourth-order valence-corrected chi connectivity index (χ4v) is 2.85. The van der Waals surface area contributed by atoms with E-state index in [1.54, 1.807) is 0 Å². The molecule has 3 N–H and O–H groups in total. The van der Waals surface area contributed by atoms with Crippen molar-refractivity contribution in [2.45, 2.75) is 97.6 Å². The minimum atomic E-state index is -0.522. The number of carbonyl (C=O) groups is 2. The maximum absolute atomic E-state index is 11.9. The largest absolute Gasteiger partial charge is 0.444 e. The molecule has 1 rings (SSSR count). The summed E-state index contributed by atoms with van der Waals surface area (Å²) in [6, 6.07) is 7.68. The molecule has 0 aliphatic rings. The zero-order valence-corrected chi connectivity index (χ0v) is 19.5. The molecular weight excluding hydrogens is 394 g/mol. The smallest absolute Gasteiger partial charge is 0.407 e. The highest BCUT2D eigenvalue weighted by Gasteiger charge is 2.15. The van der Waals surface area contributed by atoms with Crippen molar-refractivity contribution < 1.29 is 19.2 Å². The van der Waals surface area contributed by atoms with E-state index < -0.39 is 17.7 Å². The number of carbonyl (C=O) groups excluding carboxylic acids is 2. The van der Waals surface area contributed by atoms with Crippen molar-refractivity contribution in [2.75, 3.05) is 0 Å². The number of aryl methyl sites for hydroxylation is 1. The van der Waals surface area contributed by atoms with Crippen LogP contribution in [0.5, 0.6) is 0 Å². The lowest BCUT2D eigenvalue weighted by Crippen LogP contribution is -2.32. The van der Waals surface area contributed by atoms with Gasteiger partial charge in [0.05, 0.1) is 6.42 Å². The third-order valence-corrected chi connectivity index (χ3v) is 4.53. The van der Waals surface area contributed by atoms with Crippen molar-refractivity contribution >= 4 is 17.9 Å². The standard InChI is InChI=1S/C24H39N3O4/c1-5-6-7-8-9-10-11-21(25)27-31-22(28)17-16-19-12-14-20(15-13-19)18-26-23(29)30-24(2,3)4/h12-15H,5-11,16-18H2,1-4H3,(H2,25,27)(H,26,29). The first kappa shape index (κ1) is 26.5. The Morgan fingerprint density at radius 2 is 1.58 bits per heavy atom. The highest BCUT2D eigenvalue weighted by atomic mass is 16.7. The van der Waals surface area contributed by atoms with Crippen LogP contribution < -0.4 is 11.1 Å². The van der Waals surface area contributed by atoms with Crippen molar-refractivity contribution in [1.82, 2.24) is 5.32 Å². The molecule has 1 aromatic rings. The lowest BCUT2D eigenvalue weighted by atomic mass is 10.1. The average molecular weight is 434 g/mol. The molecule has 0 saturated carbocycles. The van der Waals surface area contributed by atoms with Gasteiger partial charge in [-0.25, -0.2) is 9.59 Å². The molecule has 0 aromatic heterocycles. The van der Waals surface area contributed by atoms with Gasteiger partial charge >= 0.3 is 12.1 Å². The number of nitrogens with two attached hydrogens (primary N) is 1. The topological polar surface area (TPSA) is 103 Å². The van der Waals surface area contributed by atoms with Gasteiger partial charge in [0.25, 0.3) is 0 Å². The summed E-state index contributed by atoms with van der Waals surface area (Å²) in [4.78, 5) is 28.5. The Morgan fingerprint density at radius 1 is 0.968 bits per heavy atom. The minimum absolute atomic E-state index is 0.225. The Balaban J connectivity index is 2.25. The first-order valence-corrected chi connectivity index (χ1v) is 11.3. The number of hydrogen-bond donors (Lipinski definition) is 2. The first-order valence-electron chi connectivity index (χ1n) is 11.3. The van der Waals surface area contributed by atoms with E-state index in [0.29, 0.717) is 25.2 Å². The Morgan fingerprint density at radius 3 is 2.23 bits per heavy atom. The third kappa shape index (κ3) is 14.1. The van der Waals surface area contributed by atoms with Gasteiger partial charge in [-0.2, -0.15) is 0 Å². The van der Waals surface area contributed by atoms with Crippen LogP contribution in [0.3, 0.4) is 0 Å². The van der Waals surface area contributed by atoms with Gasteiger partial charge in [0.2, 0.25) is 0 Å². The molecule has 0 fully saturated rings. The molecule has 1 aromatic carbocycles. The minimum Gasteiger partial charge on any atom is -0.444 e. The molecule has 31 heavy (non-hydrogen) atoms. The zero-order valence-electron chi connectivity index (χ0n) is 19.5. The summed E-state index contributed by atoms with van der Waals surface area (Å²) in [6.45, 7) is 8.04. The van der Waals surface area contributed by atoms with Crippen molar-refractivity contribution in [3.05, 3.63) is 35.4 Å². The molecule has 7 heteroatoms. The number of hydrogen-bond acceptors (Lipinski definition) is 5. The van der Waals surface area contributed by atoms with E-state index in [1.165, 1.54) is 25.7 Å². The SMILES string of the molecule is CCCCCCCC/C(N)=N/OC(=O)CCc1ccc(CNC(=O)OC(C)(C)C)cc1. The van der Waals surface area contributed by atoms with Crippen molar-refractivity contribution in [3.8, 4) is 0 Å². The number of rotatable bonds is 13. The number of amides is 1. The lowest BCUT2D eigenvalue weighted by Gasteiger charge is -2.19. The van der Waals surface area contributed by atoms with E-state index in [2.05, 4.69) is 17.4 Å². The molecule has 0 aliphatic heterocycles. The molecule has 0 heterocycles. The number of nitrogens with zero attached hydrogens (tertiary/aromatic N) is 1. The number of nitrogens with one attached hydrogen (secondary N) is 1. The van der Waals surface area contributed by atoms with Crippen LogP contribution in [0.4, 0.5) is 4.79 Å². The summed E-state index contributed by atoms with van der Waals surface area (Å²) < 4.78 is 5.21. The molecule has 0 bridgehead atoms. The van der Waals surface area contributed by atoms with Crippen LogP contribution >= 0.6 is 0 Å². The fraction of sp³-hybridized carbons (Fsp3) is 0.625. The van der Waals surface area contributed by atoms with Crippen molar-refractivity contribution in [3.63, 3.8) is 0 Å². The third-order valence-electron chi connectivity index (χ3n) is 4.53. The molecular formula is C24H39N3O4. The quantitative estimate of drug-likeness (QED) is 0.146. The zero-order chi connectivity index (χ0) is 23.1. The van der Waals surface area contributed by atoms with Crippen LogP contribution in [-0.2, 0) is 27.3 Å². The second-order valence-electron chi connectivity index (χ2n) is 8.74. The summed E-state index contributed by atoms with van der Waals surface area (Å²) >= 11 is 0. The number of unbranched alkanes of at least 4 members (excludes halogenated alkanes) is 5. The highest BCUT2D eigenvalue weighted by molar-refractivity contribution is 5.80. The molecule has 0 radical (unpaired) electrons. The van der Waals surface area contributed by atoms with Gasteiger partial charge in [0.15, 0.2) is 0 Å². The van der Waals surface area contributed by atoms with Crippen LogP contribution in [-0.4, -0.2) is 23.5 Å². The Hall–Kier alpha value is -2.57. The van der Waals surface area contributed by atoms with E-state index in [4.69, 9.17) is 15.3 Å². The Bertz CT molecular complexity index is 694. The molecule has 0 spiro atoms. The van der Waals surface area contributed by atoms with Gasteiger partial charge in [0, 0.05) is 13.0 Å². The maximum atomic E-state index is 11.9. The average Bonchev–Trinajstić information content (AvgIpc) is 2.71. The summed E-state index contributed by atoms with van der Waals surface area (Å²) in [5.41, 5.74) is 7.23. The molecule has 7 nitrogen and oxygen atoms in total. The van der Waals surface area contributed by atoms with Crippen LogP contribution in [0.15, 0.2) is 29.4 Å². The second-order valence-corrected chi connectivity index (χ2v) is 8.74. The molecule has 0 saturated heterocycles. The van der Waals surface area contributed by atoms with Gasteiger partial charge in [-0.15, -0.1) is 0 Å². The Labute approximate surface area is 186 Å². The number of benzene rings is 1. The first-order chi connectivity index (χ1) is 14.7. The van der Waals surface area contributed by atoms with Crippen LogP contribution in [0.2, 0.25) is 0 Å². The number of ether oxygens (including phenoxy) is 1. The van der Waals surface area contributed by atoms with Gasteiger partial charge in [-0.3, -0.25) is 0 Å². The number of oxime groups is 1. The molecule has 174 valence electrons. The fourth-order valence-electron chi connectivity index (χ4n) is 2.85. The van der Waals surface area contributed by atoms with Crippen LogP contribution in [0, 0.1) is 0 Å². The van der Waals surface area contributed by atoms with Crippen LogP contribution in [0.1, 0.15) is 90.2 Å². The van der Waals surface area contributed by atoms with E-state index in [9.17, 15) is 9.59 Å². The van der Waals surface area contributed by atoms with Gasteiger partial charge in [-0.05, 0) is 44.7 Å². The summed E-state index contributed by atoms with van der Waals surface area (Å²) in [6.07, 6.45) is 8.02. The van der Waals surface area contributed by atoms with Crippen LogP contribution in [0.25, 0.3) is 0 Å². The van der Waals surface area contributed by atoms with E-state index in [0.717, 1.165) is 24.0 Å². The molecule has 0 aliphatic carbocycles. The maximum Gasteiger partial charge on any atom is 0.407 e. The molecule has 0 unspecified atom stereocenters. The van der Waals surface area contributed by atoms with E-state index in [1.807, 2.05) is 45.0 Å². The lowest BCUT2D eigenvalue weighted by molar-refractivity contribution is -0.143. The monoisotopic (exact) mass is 433 g/mol. The summed E-state index contributed by atoms with van der Waals surface area (Å²) in [5.74, 6) is -0.0350. The van der Waals surface area contributed by atoms with E-state index in [-0.39, 0.29) is 6.42 Å². The van der Waals surface area contributed by atoms with Gasteiger partial charge in [0.1, 0.15) is 11.4 Å². The van der Waals surface area contributed by atoms with Gasteiger partial charge < -0.3 is 20.6 Å². The predicted octanol–water partition coefficient (Wildman–Crippen LogP) is 5.21. The second kappa shape index (κ2) is 14.4. The predicted molar refractivity (Wildman–Crippen MR) is 124 cm³/mol. The summed E-state index contributed by atoms with van der Waals surface area (Å²) in [7, 11) is 0. The van der Waals surface area contributed by atoms with E-state index >= 15 is 0 Å². The molecule has 0 atom stereocenters. The molecule has 1 amide bonds. The van der Waals surface area contributed by atoms with Crippen molar-refractivity contribution in [2.24, 2.45) is 10.9 Å². The normalized spacial score (nSPS) is 11.8. The highest BCUT2D eigenvalue weighted by Crippen LogP contribution is 2.10. The van der Waals surface area contributed by atoms with Crippen molar-refractivity contribution in [1.29, 1.82) is 0 Å². The van der Waals surface area contributed by atoms with Gasteiger partial charge in [-0.1, -0.05) is 68.4 Å². The summed E-state index contributed by atoms with van der Waals surface area (Å²) in [5, 5.41) is 6.46. The Kier molecular flexibility index (Phi) is 12.3. The number of amidine groups is 1.